The van der Waals surface area contributed by atoms with E-state index < -0.39 is 11.8 Å². The molecule has 0 aliphatic rings. The van der Waals surface area contributed by atoms with Gasteiger partial charge in [-0.25, -0.2) is 0 Å². The van der Waals surface area contributed by atoms with Crippen molar-refractivity contribution in [2.75, 3.05) is 10.6 Å². The molecule has 294 valence electrons. The molecule has 9 aromatic rings. The minimum Gasteiger partial charge on any atom is -0.505 e. The first-order chi connectivity index (χ1) is 29.9. The standard InChI is InChI=1S/C48H32N8O4S/c57-43-39(45(59)49-33-13-3-1-4-14-33)27-31-11-7-9-17-37(31)41(43)53-51-35-23-19-29(20-24-35)47-55-56-48(61-47)30-21-25-36(26-22-30)52-54-42-38-18-10-8-12-32(38)28-40(44(42)58)46(60)50-34-15-5-2-6-16-34/h1-28,57-58H,(H,49,59)(H,50,60). The van der Waals surface area contributed by atoms with Gasteiger partial charge in [-0.3, -0.25) is 9.59 Å². The summed E-state index contributed by atoms with van der Waals surface area (Å²) < 4.78 is 0. The van der Waals surface area contributed by atoms with Crippen LogP contribution in [0.4, 0.5) is 34.1 Å². The lowest BCUT2D eigenvalue weighted by atomic mass is 10.0. The number of para-hydroxylation sites is 2. The minimum absolute atomic E-state index is 0.0830. The average Bonchev–Trinajstić information content (AvgIpc) is 3.80. The Morgan fingerprint density at radius 3 is 1.25 bits per heavy atom. The second-order valence-corrected chi connectivity index (χ2v) is 14.7. The van der Waals surface area contributed by atoms with Crippen molar-refractivity contribution in [1.29, 1.82) is 0 Å². The largest absolute Gasteiger partial charge is 0.505 e. The number of rotatable bonds is 10. The molecule has 1 heterocycles. The lowest BCUT2D eigenvalue weighted by molar-refractivity contribution is 0.101. The van der Waals surface area contributed by atoms with E-state index in [0.29, 0.717) is 43.5 Å². The van der Waals surface area contributed by atoms with E-state index in [1.807, 2.05) is 109 Å². The summed E-state index contributed by atoms with van der Waals surface area (Å²) in [5.74, 6) is -1.47. The highest BCUT2D eigenvalue weighted by atomic mass is 32.1. The lowest BCUT2D eigenvalue weighted by Gasteiger charge is -2.11. The summed E-state index contributed by atoms with van der Waals surface area (Å²) in [5.41, 5.74) is 4.46. The van der Waals surface area contributed by atoms with Crippen molar-refractivity contribution in [3.63, 3.8) is 0 Å². The molecule has 8 aromatic carbocycles. The summed E-state index contributed by atoms with van der Waals surface area (Å²) in [7, 11) is 0. The Morgan fingerprint density at radius 2 is 0.836 bits per heavy atom. The van der Waals surface area contributed by atoms with E-state index in [9.17, 15) is 19.8 Å². The van der Waals surface area contributed by atoms with Crippen LogP contribution in [0.1, 0.15) is 20.7 Å². The van der Waals surface area contributed by atoms with Crippen LogP contribution in [0, 0.1) is 0 Å². The van der Waals surface area contributed by atoms with Crippen LogP contribution < -0.4 is 10.6 Å². The van der Waals surface area contributed by atoms with Gasteiger partial charge >= 0.3 is 0 Å². The number of nitrogens with zero attached hydrogens (tertiary/aromatic N) is 6. The molecule has 0 aliphatic carbocycles. The van der Waals surface area contributed by atoms with Crippen LogP contribution in [0.25, 0.3) is 42.7 Å². The van der Waals surface area contributed by atoms with Crippen molar-refractivity contribution in [1.82, 2.24) is 10.2 Å². The fourth-order valence-electron chi connectivity index (χ4n) is 6.64. The number of benzene rings is 8. The normalized spacial score (nSPS) is 11.4. The zero-order valence-corrected chi connectivity index (χ0v) is 32.8. The van der Waals surface area contributed by atoms with Crippen molar-refractivity contribution in [3.8, 4) is 32.6 Å². The highest BCUT2D eigenvalue weighted by Crippen LogP contribution is 2.42. The van der Waals surface area contributed by atoms with Crippen LogP contribution >= 0.6 is 11.3 Å². The number of hydrogen-bond donors (Lipinski definition) is 4. The maximum atomic E-state index is 13.2. The molecule has 9 rings (SSSR count). The highest BCUT2D eigenvalue weighted by Gasteiger charge is 2.20. The van der Waals surface area contributed by atoms with E-state index in [0.717, 1.165) is 21.9 Å². The summed E-state index contributed by atoms with van der Waals surface area (Å²) in [5, 5.41) is 58.7. The van der Waals surface area contributed by atoms with Gasteiger partial charge in [0.1, 0.15) is 21.4 Å². The fraction of sp³-hybridized carbons (Fsp3) is 0. The van der Waals surface area contributed by atoms with E-state index in [-0.39, 0.29) is 34.0 Å². The van der Waals surface area contributed by atoms with Gasteiger partial charge in [-0.15, -0.1) is 20.4 Å². The van der Waals surface area contributed by atoms with Crippen molar-refractivity contribution in [2.45, 2.75) is 0 Å². The van der Waals surface area contributed by atoms with E-state index in [4.69, 9.17) is 0 Å². The number of azo groups is 2. The maximum Gasteiger partial charge on any atom is 0.259 e. The molecule has 0 saturated heterocycles. The van der Waals surface area contributed by atoms with Crippen molar-refractivity contribution < 1.29 is 19.8 Å². The van der Waals surface area contributed by atoms with Gasteiger partial charge in [-0.1, -0.05) is 96.3 Å². The van der Waals surface area contributed by atoms with Crippen LogP contribution in [0.15, 0.2) is 190 Å². The molecule has 0 saturated carbocycles. The Labute approximate surface area is 352 Å². The molecule has 13 heteroatoms. The second kappa shape index (κ2) is 16.8. The molecule has 12 nitrogen and oxygen atoms in total. The molecule has 0 fully saturated rings. The molecule has 2 amide bonds. The number of hydrogen-bond acceptors (Lipinski definition) is 11. The summed E-state index contributed by atoms with van der Waals surface area (Å²) in [4.78, 5) is 26.4. The molecule has 0 spiro atoms. The molecule has 0 aliphatic heterocycles. The van der Waals surface area contributed by atoms with Gasteiger partial charge in [0.15, 0.2) is 11.5 Å². The van der Waals surface area contributed by atoms with Crippen molar-refractivity contribution in [2.24, 2.45) is 20.5 Å². The number of aromatic hydroxyl groups is 2. The third-order valence-electron chi connectivity index (χ3n) is 9.73. The van der Waals surface area contributed by atoms with Gasteiger partial charge in [0.2, 0.25) is 0 Å². The Morgan fingerprint density at radius 1 is 0.459 bits per heavy atom. The van der Waals surface area contributed by atoms with Crippen LogP contribution in [0.2, 0.25) is 0 Å². The number of nitrogens with one attached hydrogen (secondary N) is 2. The Bertz CT molecular complexity index is 2930. The SMILES string of the molecule is O=C(Nc1ccccc1)c1cc2ccccc2c(N=Nc2ccc(-c3nnc(-c4ccc(N=Nc5c(O)c(C(=O)Nc6ccccc6)cc6ccccc56)cc4)s3)cc2)c1O. The monoisotopic (exact) mass is 816 g/mol. The topological polar surface area (TPSA) is 174 Å². The minimum atomic E-state index is -0.465. The first-order valence-electron chi connectivity index (χ1n) is 19.0. The molecular weight excluding hydrogens is 785 g/mol. The van der Waals surface area contributed by atoms with Crippen LogP contribution in [0.3, 0.4) is 0 Å². The number of amides is 2. The Hall–Kier alpha value is -8.42. The number of phenolic OH excluding ortho intramolecular Hbond substituents is 2. The lowest BCUT2D eigenvalue weighted by Crippen LogP contribution is -2.12. The summed E-state index contributed by atoms with van der Waals surface area (Å²) >= 11 is 1.42. The first kappa shape index (κ1) is 38.1. The Kier molecular flexibility index (Phi) is 10.5. The zero-order valence-electron chi connectivity index (χ0n) is 32.0. The number of aromatic nitrogens is 2. The van der Waals surface area contributed by atoms with Gasteiger partial charge in [-0.05, 0) is 95.7 Å². The average molecular weight is 817 g/mol. The van der Waals surface area contributed by atoms with Crippen LogP contribution in [0.5, 0.6) is 11.5 Å². The molecule has 0 radical (unpaired) electrons. The molecule has 1 aromatic heterocycles. The predicted molar refractivity (Wildman–Crippen MR) is 239 cm³/mol. The third kappa shape index (κ3) is 8.17. The summed E-state index contributed by atoms with van der Waals surface area (Å²) in [6.07, 6.45) is 0. The highest BCUT2D eigenvalue weighted by molar-refractivity contribution is 7.17. The first-order valence-corrected chi connectivity index (χ1v) is 19.8. The van der Waals surface area contributed by atoms with Gasteiger partial charge in [-0.2, -0.15) is 10.2 Å². The molecular formula is C48H32N8O4S. The van der Waals surface area contributed by atoms with E-state index in [1.54, 1.807) is 60.7 Å². The third-order valence-corrected chi connectivity index (χ3v) is 10.7. The van der Waals surface area contributed by atoms with Gasteiger partial charge in [0.25, 0.3) is 11.8 Å². The molecule has 4 N–H and O–H groups in total. The quantitative estimate of drug-likeness (QED) is 0.0999. The second-order valence-electron chi connectivity index (χ2n) is 13.7. The van der Waals surface area contributed by atoms with E-state index >= 15 is 0 Å². The van der Waals surface area contributed by atoms with Crippen molar-refractivity contribution >= 4 is 78.8 Å². The zero-order chi connectivity index (χ0) is 41.7. The Balaban J connectivity index is 0.906. The van der Waals surface area contributed by atoms with Gasteiger partial charge in [0.05, 0.1) is 22.5 Å². The molecule has 0 unspecified atom stereocenters. The van der Waals surface area contributed by atoms with Gasteiger partial charge in [0, 0.05) is 33.3 Å². The van der Waals surface area contributed by atoms with E-state index in [1.165, 1.54) is 11.3 Å². The van der Waals surface area contributed by atoms with Gasteiger partial charge < -0.3 is 20.8 Å². The number of phenols is 2. The predicted octanol–water partition coefficient (Wildman–Crippen LogP) is 12.9. The number of carbonyl (C=O) groups is 2. The maximum absolute atomic E-state index is 13.2. The molecule has 0 atom stereocenters. The van der Waals surface area contributed by atoms with E-state index in [2.05, 4.69) is 41.3 Å². The number of anilines is 2. The molecule has 0 bridgehead atoms. The van der Waals surface area contributed by atoms with Crippen LogP contribution in [-0.4, -0.2) is 32.2 Å². The fourth-order valence-corrected chi connectivity index (χ4v) is 7.49. The van der Waals surface area contributed by atoms with Crippen molar-refractivity contribution in [3.05, 3.63) is 181 Å². The molecule has 61 heavy (non-hydrogen) atoms. The number of fused-ring (bicyclic) bond motifs is 2. The summed E-state index contributed by atoms with van der Waals surface area (Å²) in [6, 6.07) is 50.6. The van der Waals surface area contributed by atoms with Crippen LogP contribution in [-0.2, 0) is 0 Å². The summed E-state index contributed by atoms with van der Waals surface area (Å²) in [6.45, 7) is 0. The number of carbonyl (C=O) groups excluding carboxylic acids is 2. The smallest absolute Gasteiger partial charge is 0.259 e.